The summed E-state index contributed by atoms with van der Waals surface area (Å²) in [7, 11) is 0. The van der Waals surface area contributed by atoms with E-state index in [1.807, 2.05) is 22.6 Å². The number of amides is 2. The summed E-state index contributed by atoms with van der Waals surface area (Å²) in [4.78, 5) is 33.7. The van der Waals surface area contributed by atoms with Crippen LogP contribution in [0.25, 0.3) is 0 Å². The van der Waals surface area contributed by atoms with Crippen LogP contribution in [0.1, 0.15) is 37.9 Å². The molecule has 0 unspecified atom stereocenters. The van der Waals surface area contributed by atoms with Gasteiger partial charge in [-0.15, -0.1) is 0 Å². The number of aromatic nitrogens is 2. The van der Waals surface area contributed by atoms with Crippen molar-refractivity contribution in [2.45, 2.75) is 57.7 Å². The first-order valence-corrected chi connectivity index (χ1v) is 11.0. The average Bonchev–Trinajstić information content (AvgIpc) is 3.35. The molecule has 1 saturated carbocycles. The summed E-state index contributed by atoms with van der Waals surface area (Å²) < 4.78 is 7.22. The quantitative estimate of drug-likeness (QED) is 0.695. The van der Waals surface area contributed by atoms with E-state index in [-0.39, 0.29) is 11.8 Å². The van der Waals surface area contributed by atoms with Crippen LogP contribution in [0.4, 0.5) is 0 Å². The van der Waals surface area contributed by atoms with E-state index >= 15 is 0 Å². The highest BCUT2D eigenvalue weighted by Gasteiger charge is 2.38. The topological polar surface area (TPSA) is 79.7 Å². The maximum Gasteiger partial charge on any atom is 0.240 e. The van der Waals surface area contributed by atoms with Gasteiger partial charge in [0, 0.05) is 57.1 Å². The second-order valence-corrected chi connectivity index (χ2v) is 8.63. The first kappa shape index (κ1) is 20.3. The third kappa shape index (κ3) is 5.36. The fraction of sp³-hybridized carbons (Fsp3) is 0.762. The van der Waals surface area contributed by atoms with Crippen LogP contribution in [0.3, 0.4) is 0 Å². The Morgan fingerprint density at radius 1 is 1.17 bits per heavy atom. The number of carbonyl (C=O) groups is 2. The van der Waals surface area contributed by atoms with Crippen molar-refractivity contribution < 1.29 is 14.3 Å². The smallest absolute Gasteiger partial charge is 0.240 e. The molecule has 3 aliphatic rings. The van der Waals surface area contributed by atoms with Crippen LogP contribution in [0.2, 0.25) is 0 Å². The number of hydrogen-bond acceptors (Lipinski definition) is 5. The Balaban J connectivity index is 1.30. The number of nitrogens with zero attached hydrogens (tertiary/aromatic N) is 4. The molecular weight excluding hydrogens is 370 g/mol. The summed E-state index contributed by atoms with van der Waals surface area (Å²) in [6.45, 7) is 6.63. The van der Waals surface area contributed by atoms with Gasteiger partial charge in [-0.3, -0.25) is 14.5 Å². The molecule has 29 heavy (non-hydrogen) atoms. The molecule has 4 rings (SSSR count). The van der Waals surface area contributed by atoms with Crippen molar-refractivity contribution in [2.75, 3.05) is 39.4 Å². The van der Waals surface area contributed by atoms with Gasteiger partial charge in [-0.05, 0) is 38.5 Å². The number of imidazole rings is 1. The SMILES string of the molecule is Cc1nccn1CC(=O)NC[C@@H]1CC[C@H](CC(=O)N2CCOCC2)N1CC1CC1. The number of aryl methyl sites for hydroxylation is 1. The molecule has 0 bridgehead atoms. The largest absolute Gasteiger partial charge is 0.378 e. The Hall–Kier alpha value is -1.93. The highest BCUT2D eigenvalue weighted by molar-refractivity contribution is 5.77. The van der Waals surface area contributed by atoms with Gasteiger partial charge in [0.15, 0.2) is 0 Å². The zero-order valence-electron chi connectivity index (χ0n) is 17.4. The van der Waals surface area contributed by atoms with Crippen LogP contribution in [-0.2, 0) is 20.9 Å². The molecule has 0 aromatic carbocycles. The van der Waals surface area contributed by atoms with Crippen molar-refractivity contribution in [1.82, 2.24) is 24.7 Å². The predicted octanol–water partition coefficient (Wildman–Crippen LogP) is 0.800. The molecular formula is C21H33N5O3. The molecule has 1 aromatic rings. The number of carbonyl (C=O) groups excluding carboxylic acids is 2. The third-order valence-electron chi connectivity index (χ3n) is 6.48. The summed E-state index contributed by atoms with van der Waals surface area (Å²) in [5.41, 5.74) is 0. The summed E-state index contributed by atoms with van der Waals surface area (Å²) in [6, 6.07) is 0.620. The molecule has 0 spiro atoms. The van der Waals surface area contributed by atoms with Crippen molar-refractivity contribution in [2.24, 2.45) is 5.92 Å². The molecule has 2 saturated heterocycles. The van der Waals surface area contributed by atoms with Gasteiger partial charge >= 0.3 is 0 Å². The summed E-state index contributed by atoms with van der Waals surface area (Å²) in [5, 5.41) is 3.11. The Labute approximate surface area is 172 Å². The lowest BCUT2D eigenvalue weighted by atomic mass is 10.1. The van der Waals surface area contributed by atoms with Gasteiger partial charge in [0.2, 0.25) is 11.8 Å². The van der Waals surface area contributed by atoms with Crippen molar-refractivity contribution in [3.8, 4) is 0 Å². The Morgan fingerprint density at radius 2 is 1.93 bits per heavy atom. The van der Waals surface area contributed by atoms with Crippen LogP contribution < -0.4 is 5.32 Å². The molecule has 8 nitrogen and oxygen atoms in total. The van der Waals surface area contributed by atoms with Gasteiger partial charge in [-0.2, -0.15) is 0 Å². The third-order valence-corrected chi connectivity index (χ3v) is 6.48. The molecule has 1 N–H and O–H groups in total. The van der Waals surface area contributed by atoms with E-state index in [4.69, 9.17) is 4.74 Å². The second kappa shape index (κ2) is 9.26. The second-order valence-electron chi connectivity index (χ2n) is 8.63. The Kier molecular flexibility index (Phi) is 6.50. The van der Waals surface area contributed by atoms with Gasteiger partial charge in [0.05, 0.1) is 13.2 Å². The highest BCUT2D eigenvalue weighted by atomic mass is 16.5. The highest BCUT2D eigenvalue weighted by Crippen LogP contribution is 2.35. The first-order chi connectivity index (χ1) is 14.1. The van der Waals surface area contributed by atoms with Crippen LogP contribution in [0, 0.1) is 12.8 Å². The molecule has 3 fully saturated rings. The lowest BCUT2D eigenvalue weighted by Crippen LogP contribution is -2.47. The molecule has 2 atom stereocenters. The van der Waals surface area contributed by atoms with E-state index in [2.05, 4.69) is 15.2 Å². The van der Waals surface area contributed by atoms with Gasteiger partial charge < -0.3 is 19.5 Å². The normalized spacial score (nSPS) is 25.3. The maximum absolute atomic E-state index is 12.7. The van der Waals surface area contributed by atoms with Crippen LogP contribution in [-0.4, -0.2) is 82.6 Å². The van der Waals surface area contributed by atoms with Gasteiger partial charge in [0.25, 0.3) is 0 Å². The van der Waals surface area contributed by atoms with Gasteiger partial charge in [0.1, 0.15) is 12.4 Å². The zero-order chi connectivity index (χ0) is 20.2. The molecule has 1 aromatic heterocycles. The fourth-order valence-corrected chi connectivity index (χ4v) is 4.51. The standard InChI is InChI=1S/C21H33N5O3/c1-16-22-6-7-25(16)15-20(27)23-13-19-5-4-18(26(19)14-17-2-3-17)12-21(28)24-8-10-29-11-9-24/h6-7,17-19H,2-5,8-15H2,1H3,(H,23,27)/t18-,19+/m1/s1. The molecule has 8 heteroatoms. The predicted molar refractivity (Wildman–Crippen MR) is 108 cm³/mol. The summed E-state index contributed by atoms with van der Waals surface area (Å²) in [5.74, 6) is 1.88. The number of likely N-dealkylation sites (tertiary alicyclic amines) is 1. The summed E-state index contributed by atoms with van der Waals surface area (Å²) >= 11 is 0. The van der Waals surface area contributed by atoms with Crippen molar-refractivity contribution in [3.63, 3.8) is 0 Å². The van der Waals surface area contributed by atoms with Crippen LogP contribution in [0.15, 0.2) is 12.4 Å². The number of morpholine rings is 1. The Bertz CT molecular complexity index is 711. The van der Waals surface area contributed by atoms with E-state index in [9.17, 15) is 9.59 Å². The minimum atomic E-state index is 0.0188. The minimum Gasteiger partial charge on any atom is -0.378 e. The average molecular weight is 404 g/mol. The molecule has 1 aliphatic carbocycles. The number of ether oxygens (including phenoxy) is 1. The van der Waals surface area contributed by atoms with E-state index in [1.54, 1.807) is 6.20 Å². The summed E-state index contributed by atoms with van der Waals surface area (Å²) in [6.07, 6.45) is 8.79. The zero-order valence-corrected chi connectivity index (χ0v) is 17.4. The van der Waals surface area contributed by atoms with Crippen LogP contribution in [0.5, 0.6) is 0 Å². The number of nitrogens with one attached hydrogen (secondary N) is 1. The maximum atomic E-state index is 12.7. The molecule has 0 radical (unpaired) electrons. The van der Waals surface area contributed by atoms with E-state index in [1.165, 1.54) is 12.8 Å². The first-order valence-electron chi connectivity index (χ1n) is 11.0. The van der Waals surface area contributed by atoms with E-state index in [0.717, 1.165) is 31.1 Å². The van der Waals surface area contributed by atoms with Crippen molar-refractivity contribution in [1.29, 1.82) is 0 Å². The van der Waals surface area contributed by atoms with Crippen molar-refractivity contribution in [3.05, 3.63) is 18.2 Å². The van der Waals surface area contributed by atoms with Crippen molar-refractivity contribution >= 4 is 11.8 Å². The minimum absolute atomic E-state index is 0.0188. The number of rotatable bonds is 8. The molecule has 160 valence electrons. The monoisotopic (exact) mass is 403 g/mol. The molecule has 2 aliphatic heterocycles. The van der Waals surface area contributed by atoms with Gasteiger partial charge in [-0.25, -0.2) is 4.98 Å². The molecule has 2 amide bonds. The van der Waals surface area contributed by atoms with Gasteiger partial charge in [-0.1, -0.05) is 0 Å². The lowest BCUT2D eigenvalue weighted by Gasteiger charge is -2.33. The van der Waals surface area contributed by atoms with E-state index < -0.39 is 0 Å². The molecule has 3 heterocycles. The Morgan fingerprint density at radius 3 is 2.62 bits per heavy atom. The van der Waals surface area contributed by atoms with E-state index in [0.29, 0.717) is 57.9 Å². The van der Waals surface area contributed by atoms with Crippen LogP contribution >= 0.6 is 0 Å². The lowest BCUT2D eigenvalue weighted by molar-refractivity contribution is -0.136. The fourth-order valence-electron chi connectivity index (χ4n) is 4.51. The number of hydrogen-bond donors (Lipinski definition) is 1.